The summed E-state index contributed by atoms with van der Waals surface area (Å²) in [6, 6.07) is 3.74. The number of carbonyl (C=O) groups excluding carboxylic acids is 1. The average Bonchev–Trinajstić information content (AvgIpc) is 2.51. The van der Waals surface area contributed by atoms with E-state index in [-0.39, 0.29) is 11.9 Å². The van der Waals surface area contributed by atoms with E-state index in [1.54, 1.807) is 18.3 Å². The second-order valence-electron chi connectivity index (χ2n) is 5.04. The molecule has 0 saturated carbocycles. The van der Waals surface area contributed by atoms with Gasteiger partial charge in [0.15, 0.2) is 0 Å². The fraction of sp³-hybridized carbons (Fsp3) is 0.529. The fourth-order valence-electron chi connectivity index (χ4n) is 2.10. The van der Waals surface area contributed by atoms with Crippen LogP contribution in [0.15, 0.2) is 18.3 Å². The number of aromatic nitrogens is 1. The number of nitrogens with one attached hydrogen (secondary N) is 1. The van der Waals surface area contributed by atoms with E-state index in [0.717, 1.165) is 37.7 Å². The Kier molecular flexibility index (Phi) is 8.15. The van der Waals surface area contributed by atoms with Crippen molar-refractivity contribution < 1.29 is 4.79 Å². The number of hydrogen-bond donors (Lipinski definition) is 2. The van der Waals surface area contributed by atoms with E-state index < -0.39 is 0 Å². The Morgan fingerprint density at radius 1 is 1.33 bits per heavy atom. The Bertz CT molecular complexity index is 485. The molecule has 0 spiro atoms. The molecule has 1 aromatic rings. The zero-order valence-electron chi connectivity index (χ0n) is 13.0. The van der Waals surface area contributed by atoms with Gasteiger partial charge in [-0.1, -0.05) is 45.0 Å². The van der Waals surface area contributed by atoms with Gasteiger partial charge >= 0.3 is 0 Å². The minimum atomic E-state index is -0.108. The molecule has 0 aliphatic heterocycles. The molecule has 1 rings (SSSR count). The third-order valence-electron chi connectivity index (χ3n) is 3.21. The maximum absolute atomic E-state index is 12.2. The highest BCUT2D eigenvalue weighted by Gasteiger charge is 2.13. The molecule has 0 saturated heterocycles. The molecule has 4 heteroatoms. The molecular formula is C17H25N3O. The molecule has 1 amide bonds. The molecule has 1 heterocycles. The predicted molar refractivity (Wildman–Crippen MR) is 85.9 cm³/mol. The van der Waals surface area contributed by atoms with Crippen LogP contribution < -0.4 is 11.1 Å². The van der Waals surface area contributed by atoms with Gasteiger partial charge in [-0.25, -0.2) is 4.98 Å². The molecule has 1 aromatic heterocycles. The van der Waals surface area contributed by atoms with Crippen molar-refractivity contribution in [2.45, 2.75) is 52.0 Å². The lowest BCUT2D eigenvalue weighted by Crippen LogP contribution is -2.35. The van der Waals surface area contributed by atoms with E-state index in [9.17, 15) is 4.79 Å². The fourth-order valence-corrected chi connectivity index (χ4v) is 2.10. The monoisotopic (exact) mass is 287 g/mol. The van der Waals surface area contributed by atoms with Gasteiger partial charge in [-0.2, -0.15) is 0 Å². The second-order valence-corrected chi connectivity index (χ2v) is 5.04. The van der Waals surface area contributed by atoms with E-state index in [4.69, 9.17) is 5.73 Å². The first-order valence-electron chi connectivity index (χ1n) is 7.67. The van der Waals surface area contributed by atoms with Crippen molar-refractivity contribution in [3.05, 3.63) is 29.6 Å². The Morgan fingerprint density at radius 3 is 2.71 bits per heavy atom. The molecule has 21 heavy (non-hydrogen) atoms. The van der Waals surface area contributed by atoms with Crippen LogP contribution in [-0.2, 0) is 0 Å². The highest BCUT2D eigenvalue weighted by atomic mass is 16.1. The quantitative estimate of drug-likeness (QED) is 0.757. The molecule has 0 radical (unpaired) electrons. The zero-order chi connectivity index (χ0) is 15.5. The standard InChI is InChI=1S/C17H25N3O/c1-3-5-9-15(7-4-2)20-17(21)16-11-10-14(13-19-16)8-6-12-18/h10-11,13,15H,3-5,7,9,12,18H2,1-2H3,(H,20,21). The summed E-state index contributed by atoms with van der Waals surface area (Å²) >= 11 is 0. The van der Waals surface area contributed by atoms with Crippen molar-refractivity contribution >= 4 is 5.91 Å². The number of rotatable bonds is 7. The van der Waals surface area contributed by atoms with Gasteiger partial charge in [-0.05, 0) is 25.0 Å². The number of amides is 1. The summed E-state index contributed by atoms with van der Waals surface area (Å²) in [6.45, 7) is 4.61. The second kappa shape index (κ2) is 9.95. The third kappa shape index (κ3) is 6.42. The first-order chi connectivity index (χ1) is 10.2. The number of nitrogens with zero attached hydrogens (tertiary/aromatic N) is 1. The van der Waals surface area contributed by atoms with Gasteiger partial charge < -0.3 is 11.1 Å². The van der Waals surface area contributed by atoms with E-state index in [2.05, 4.69) is 36.0 Å². The number of hydrogen-bond acceptors (Lipinski definition) is 3. The lowest BCUT2D eigenvalue weighted by atomic mass is 10.0. The van der Waals surface area contributed by atoms with Crippen LogP contribution in [-0.4, -0.2) is 23.5 Å². The van der Waals surface area contributed by atoms with Crippen LogP contribution >= 0.6 is 0 Å². The van der Waals surface area contributed by atoms with Gasteiger partial charge in [0.1, 0.15) is 5.69 Å². The highest BCUT2D eigenvalue weighted by molar-refractivity contribution is 5.92. The molecule has 1 atom stereocenters. The molecule has 114 valence electrons. The minimum absolute atomic E-state index is 0.108. The normalized spacial score (nSPS) is 11.4. The van der Waals surface area contributed by atoms with E-state index in [1.807, 2.05) is 0 Å². The maximum Gasteiger partial charge on any atom is 0.270 e. The maximum atomic E-state index is 12.2. The third-order valence-corrected chi connectivity index (χ3v) is 3.21. The van der Waals surface area contributed by atoms with Crippen LogP contribution in [0.3, 0.4) is 0 Å². The predicted octanol–water partition coefficient (Wildman–Crippen LogP) is 2.48. The van der Waals surface area contributed by atoms with E-state index in [0.29, 0.717) is 12.2 Å². The van der Waals surface area contributed by atoms with Crippen molar-refractivity contribution in [1.82, 2.24) is 10.3 Å². The van der Waals surface area contributed by atoms with Crippen molar-refractivity contribution in [3.8, 4) is 11.8 Å². The Hall–Kier alpha value is -1.86. The summed E-state index contributed by atoms with van der Waals surface area (Å²) in [7, 11) is 0. The molecule has 0 aromatic carbocycles. The molecule has 4 nitrogen and oxygen atoms in total. The topological polar surface area (TPSA) is 68.0 Å². The van der Waals surface area contributed by atoms with E-state index >= 15 is 0 Å². The molecule has 0 fully saturated rings. The van der Waals surface area contributed by atoms with Gasteiger partial charge in [0, 0.05) is 17.8 Å². The van der Waals surface area contributed by atoms with Crippen LogP contribution in [0.25, 0.3) is 0 Å². The first kappa shape index (κ1) is 17.2. The number of nitrogens with two attached hydrogens (primary N) is 1. The van der Waals surface area contributed by atoms with E-state index in [1.165, 1.54) is 0 Å². The highest BCUT2D eigenvalue weighted by Crippen LogP contribution is 2.08. The van der Waals surface area contributed by atoms with Gasteiger partial charge in [0.2, 0.25) is 0 Å². The Morgan fingerprint density at radius 2 is 2.14 bits per heavy atom. The molecule has 0 aliphatic rings. The van der Waals surface area contributed by atoms with Gasteiger partial charge in [-0.3, -0.25) is 4.79 Å². The van der Waals surface area contributed by atoms with Gasteiger partial charge in [-0.15, -0.1) is 0 Å². The number of unbranched alkanes of at least 4 members (excludes halogenated alkanes) is 1. The summed E-state index contributed by atoms with van der Waals surface area (Å²) in [5, 5.41) is 3.07. The van der Waals surface area contributed by atoms with Gasteiger partial charge in [0.25, 0.3) is 5.91 Å². The number of carbonyl (C=O) groups is 1. The van der Waals surface area contributed by atoms with Crippen LogP contribution in [0.5, 0.6) is 0 Å². The van der Waals surface area contributed by atoms with Crippen LogP contribution in [0.4, 0.5) is 0 Å². The summed E-state index contributed by atoms with van der Waals surface area (Å²) in [6.07, 6.45) is 6.98. The van der Waals surface area contributed by atoms with Crippen molar-refractivity contribution in [2.75, 3.05) is 6.54 Å². The van der Waals surface area contributed by atoms with Crippen LogP contribution in [0.1, 0.15) is 62.0 Å². The summed E-state index contributed by atoms with van der Waals surface area (Å²) in [5.41, 5.74) is 6.53. The molecule has 0 aliphatic carbocycles. The Labute approximate surface area is 127 Å². The smallest absolute Gasteiger partial charge is 0.270 e. The summed E-state index contributed by atoms with van der Waals surface area (Å²) < 4.78 is 0. The first-order valence-corrected chi connectivity index (χ1v) is 7.67. The molecule has 1 unspecified atom stereocenters. The van der Waals surface area contributed by atoms with Crippen molar-refractivity contribution in [2.24, 2.45) is 5.73 Å². The van der Waals surface area contributed by atoms with Crippen molar-refractivity contribution in [3.63, 3.8) is 0 Å². The van der Waals surface area contributed by atoms with Crippen LogP contribution in [0, 0.1) is 11.8 Å². The number of pyridine rings is 1. The molecule has 3 N–H and O–H groups in total. The summed E-state index contributed by atoms with van der Waals surface area (Å²) in [5.74, 6) is 5.54. The van der Waals surface area contributed by atoms with Crippen LogP contribution in [0.2, 0.25) is 0 Å². The minimum Gasteiger partial charge on any atom is -0.348 e. The lowest BCUT2D eigenvalue weighted by Gasteiger charge is -2.17. The molecule has 0 bridgehead atoms. The van der Waals surface area contributed by atoms with Gasteiger partial charge in [0.05, 0.1) is 6.54 Å². The van der Waals surface area contributed by atoms with Crippen molar-refractivity contribution in [1.29, 1.82) is 0 Å². The lowest BCUT2D eigenvalue weighted by molar-refractivity contribution is 0.0927. The molecular weight excluding hydrogens is 262 g/mol. The average molecular weight is 287 g/mol. The summed E-state index contributed by atoms with van der Waals surface area (Å²) in [4.78, 5) is 16.4. The zero-order valence-corrected chi connectivity index (χ0v) is 13.0. The largest absolute Gasteiger partial charge is 0.348 e. The Balaban J connectivity index is 2.64. The SMILES string of the molecule is CCCCC(CCC)NC(=O)c1ccc(C#CCN)cn1.